The topological polar surface area (TPSA) is 44.9 Å². The molecule has 1 aliphatic rings. The maximum atomic E-state index is 11.0. The summed E-state index contributed by atoms with van der Waals surface area (Å²) < 4.78 is 2.73. The van der Waals surface area contributed by atoms with Gasteiger partial charge in [-0.2, -0.15) is 0 Å². The highest BCUT2D eigenvalue weighted by Gasteiger charge is 2.13. The van der Waals surface area contributed by atoms with Crippen LogP contribution in [0.4, 0.5) is 0 Å². The van der Waals surface area contributed by atoms with Crippen LogP contribution in [0.15, 0.2) is 4.79 Å². The predicted molar refractivity (Wildman–Crippen MR) is 50.7 cm³/mol. The van der Waals surface area contributed by atoms with E-state index in [9.17, 15) is 4.79 Å². The van der Waals surface area contributed by atoms with Crippen LogP contribution in [0.5, 0.6) is 0 Å². The van der Waals surface area contributed by atoms with Gasteiger partial charge in [0.25, 0.3) is 5.56 Å². The van der Waals surface area contributed by atoms with Crippen molar-refractivity contribution < 1.29 is 0 Å². The number of rotatable bonds is 0. The molecule has 3 nitrogen and oxygen atoms in total. The van der Waals surface area contributed by atoms with E-state index in [0.717, 1.165) is 25.1 Å². The fourth-order valence-electron chi connectivity index (χ4n) is 1.17. The average Bonchev–Trinajstić information content (AvgIpc) is 2.34. The Bertz CT molecular complexity index is 293. The lowest BCUT2D eigenvalue weighted by Gasteiger charge is -2.09. The van der Waals surface area contributed by atoms with E-state index in [4.69, 9.17) is 0 Å². The molecule has 2 rings (SSSR count). The molecule has 5 heteroatoms. The molecule has 0 fully saturated rings. The molecule has 0 saturated heterocycles. The third-order valence-electron chi connectivity index (χ3n) is 1.71. The maximum Gasteiger partial charge on any atom is 0.261 e. The lowest BCUT2D eigenvalue weighted by molar-refractivity contribution is 0.651. The third kappa shape index (κ3) is 1.55. The molecular formula is C6H9BrN2OS. The fourth-order valence-corrected chi connectivity index (χ4v) is 2.00. The van der Waals surface area contributed by atoms with Crippen molar-refractivity contribution in [2.75, 3.05) is 6.54 Å². The van der Waals surface area contributed by atoms with Gasteiger partial charge >= 0.3 is 0 Å². The van der Waals surface area contributed by atoms with Gasteiger partial charge in [-0.25, -0.2) is 0 Å². The summed E-state index contributed by atoms with van der Waals surface area (Å²) in [6.07, 6.45) is 0.883. The maximum absolute atomic E-state index is 11.0. The van der Waals surface area contributed by atoms with Crippen LogP contribution in [0.25, 0.3) is 0 Å². The Morgan fingerprint density at radius 3 is 3.00 bits per heavy atom. The SMILES string of the molecule is Br.O=c1[nH]sc2c1CCNC2. The second-order valence-corrected chi connectivity index (χ2v) is 3.26. The molecule has 0 saturated carbocycles. The molecule has 1 aliphatic heterocycles. The van der Waals surface area contributed by atoms with Crippen molar-refractivity contribution in [1.29, 1.82) is 0 Å². The molecule has 2 heterocycles. The molecule has 0 spiro atoms. The first-order valence-electron chi connectivity index (χ1n) is 3.28. The summed E-state index contributed by atoms with van der Waals surface area (Å²) >= 11 is 1.45. The monoisotopic (exact) mass is 236 g/mol. The summed E-state index contributed by atoms with van der Waals surface area (Å²) in [5.41, 5.74) is 1.10. The van der Waals surface area contributed by atoms with Crippen molar-refractivity contribution in [3.05, 3.63) is 20.8 Å². The van der Waals surface area contributed by atoms with E-state index in [1.54, 1.807) is 0 Å². The van der Waals surface area contributed by atoms with E-state index in [1.165, 1.54) is 16.4 Å². The highest BCUT2D eigenvalue weighted by Crippen LogP contribution is 2.12. The molecule has 0 amide bonds. The summed E-state index contributed by atoms with van der Waals surface area (Å²) in [5.74, 6) is 0. The highest BCUT2D eigenvalue weighted by molar-refractivity contribution is 8.93. The number of halogens is 1. The molecule has 1 aromatic rings. The van der Waals surface area contributed by atoms with Gasteiger partial charge in [-0.15, -0.1) is 17.0 Å². The minimum Gasteiger partial charge on any atom is -0.311 e. The summed E-state index contributed by atoms with van der Waals surface area (Å²) in [5, 5.41) is 3.21. The second kappa shape index (κ2) is 3.51. The Hall–Kier alpha value is -0.130. The van der Waals surface area contributed by atoms with Gasteiger partial charge in [0.15, 0.2) is 0 Å². The molecule has 62 valence electrons. The van der Waals surface area contributed by atoms with Crippen molar-refractivity contribution in [3.63, 3.8) is 0 Å². The van der Waals surface area contributed by atoms with Gasteiger partial charge in [0, 0.05) is 17.0 Å². The van der Waals surface area contributed by atoms with Gasteiger partial charge < -0.3 is 5.32 Å². The first kappa shape index (κ1) is 8.96. The molecular weight excluding hydrogens is 228 g/mol. The van der Waals surface area contributed by atoms with E-state index in [-0.39, 0.29) is 22.5 Å². The number of fused-ring (bicyclic) bond motifs is 1. The number of aromatic amines is 1. The van der Waals surface area contributed by atoms with E-state index >= 15 is 0 Å². The van der Waals surface area contributed by atoms with E-state index in [2.05, 4.69) is 9.69 Å². The van der Waals surface area contributed by atoms with Crippen molar-refractivity contribution in [3.8, 4) is 0 Å². The Labute approximate surface area is 78.7 Å². The van der Waals surface area contributed by atoms with Crippen LogP contribution in [0.3, 0.4) is 0 Å². The van der Waals surface area contributed by atoms with Crippen LogP contribution >= 0.6 is 28.5 Å². The average molecular weight is 237 g/mol. The summed E-state index contributed by atoms with van der Waals surface area (Å²) in [6, 6.07) is 0. The predicted octanol–water partition coefficient (Wildman–Crippen LogP) is 0.660. The largest absolute Gasteiger partial charge is 0.311 e. The number of hydrogen-bond acceptors (Lipinski definition) is 3. The Morgan fingerprint density at radius 2 is 2.27 bits per heavy atom. The van der Waals surface area contributed by atoms with Crippen molar-refractivity contribution in [2.24, 2.45) is 0 Å². The Kier molecular flexibility index (Phi) is 2.86. The van der Waals surface area contributed by atoms with Crippen molar-refractivity contribution >= 4 is 28.5 Å². The summed E-state index contributed by atoms with van der Waals surface area (Å²) in [4.78, 5) is 12.2. The molecule has 2 N–H and O–H groups in total. The molecule has 0 aromatic carbocycles. The number of H-pyrrole nitrogens is 1. The quantitative estimate of drug-likeness (QED) is 0.696. The molecule has 0 atom stereocenters. The van der Waals surface area contributed by atoms with Crippen LogP contribution in [0.1, 0.15) is 10.4 Å². The minimum absolute atomic E-state index is 0. The van der Waals surface area contributed by atoms with Crippen LogP contribution in [0, 0.1) is 0 Å². The van der Waals surface area contributed by atoms with Crippen molar-refractivity contribution in [2.45, 2.75) is 13.0 Å². The summed E-state index contributed by atoms with van der Waals surface area (Å²) in [7, 11) is 0. The van der Waals surface area contributed by atoms with Crippen LogP contribution < -0.4 is 10.9 Å². The Morgan fingerprint density at radius 1 is 1.45 bits per heavy atom. The van der Waals surface area contributed by atoms with Gasteiger partial charge in [-0.05, 0) is 13.0 Å². The second-order valence-electron chi connectivity index (χ2n) is 2.36. The lowest BCUT2D eigenvalue weighted by atomic mass is 10.1. The zero-order chi connectivity index (χ0) is 6.97. The van der Waals surface area contributed by atoms with Gasteiger partial charge in [-0.1, -0.05) is 11.5 Å². The minimum atomic E-state index is 0. The molecule has 11 heavy (non-hydrogen) atoms. The first-order chi connectivity index (χ1) is 4.88. The highest BCUT2D eigenvalue weighted by atomic mass is 79.9. The van der Waals surface area contributed by atoms with E-state index < -0.39 is 0 Å². The molecule has 1 aromatic heterocycles. The summed E-state index contributed by atoms with van der Waals surface area (Å²) in [6.45, 7) is 1.80. The molecule has 0 bridgehead atoms. The standard InChI is InChI=1S/C6H8N2OS.BrH/c9-6-4-1-2-7-3-5(4)10-8-6;/h7H,1-3H2,(H,8,9);1H. The lowest BCUT2D eigenvalue weighted by Crippen LogP contribution is -2.25. The molecule has 0 radical (unpaired) electrons. The third-order valence-corrected chi connectivity index (χ3v) is 2.64. The number of aromatic nitrogens is 1. The fraction of sp³-hybridized carbons (Fsp3) is 0.500. The molecule has 0 aliphatic carbocycles. The number of nitrogens with one attached hydrogen (secondary N) is 2. The van der Waals surface area contributed by atoms with Gasteiger partial charge in [0.05, 0.1) is 0 Å². The van der Waals surface area contributed by atoms with Crippen LogP contribution in [-0.2, 0) is 13.0 Å². The van der Waals surface area contributed by atoms with Crippen molar-refractivity contribution in [1.82, 2.24) is 9.69 Å². The van der Waals surface area contributed by atoms with Crippen LogP contribution in [0.2, 0.25) is 0 Å². The Balaban J connectivity index is 0.000000605. The van der Waals surface area contributed by atoms with E-state index in [0.29, 0.717) is 0 Å². The zero-order valence-corrected chi connectivity index (χ0v) is 8.38. The molecule has 0 unspecified atom stereocenters. The first-order valence-corrected chi connectivity index (χ1v) is 4.09. The van der Waals surface area contributed by atoms with Crippen LogP contribution in [-0.4, -0.2) is 10.9 Å². The zero-order valence-electron chi connectivity index (χ0n) is 5.85. The normalized spacial score (nSPS) is 15.3. The van der Waals surface area contributed by atoms with Gasteiger partial charge in [0.1, 0.15) is 0 Å². The smallest absolute Gasteiger partial charge is 0.261 e. The van der Waals surface area contributed by atoms with Gasteiger partial charge in [0.2, 0.25) is 0 Å². The number of hydrogen-bond donors (Lipinski definition) is 2. The van der Waals surface area contributed by atoms with E-state index in [1.807, 2.05) is 0 Å². The van der Waals surface area contributed by atoms with Gasteiger partial charge in [-0.3, -0.25) is 9.17 Å².